The van der Waals surface area contributed by atoms with Crippen molar-refractivity contribution in [1.29, 1.82) is 0 Å². The van der Waals surface area contributed by atoms with Gasteiger partial charge in [0.2, 0.25) is 5.89 Å². The molecule has 1 aromatic rings. The summed E-state index contributed by atoms with van der Waals surface area (Å²) in [6.45, 7) is 4.18. The van der Waals surface area contributed by atoms with Crippen molar-refractivity contribution >= 4 is 0 Å². The second kappa shape index (κ2) is 3.97. The molecule has 2 N–H and O–H groups in total. The summed E-state index contributed by atoms with van der Waals surface area (Å²) in [4.78, 5) is 4.24. The molecule has 1 aliphatic rings. The van der Waals surface area contributed by atoms with Gasteiger partial charge in [-0.3, -0.25) is 0 Å². The number of hydrogen-bond donors (Lipinski definition) is 1. The van der Waals surface area contributed by atoms with E-state index in [4.69, 9.17) is 10.2 Å². The van der Waals surface area contributed by atoms with E-state index in [-0.39, 0.29) is 11.5 Å². The van der Waals surface area contributed by atoms with E-state index >= 15 is 0 Å². The van der Waals surface area contributed by atoms with Gasteiger partial charge in [-0.15, -0.1) is 0 Å². The van der Waals surface area contributed by atoms with Crippen molar-refractivity contribution in [1.82, 2.24) is 4.98 Å². The van der Waals surface area contributed by atoms with Crippen LogP contribution < -0.4 is 5.73 Å². The van der Waals surface area contributed by atoms with Crippen LogP contribution in [-0.4, -0.2) is 4.98 Å². The molecule has 1 unspecified atom stereocenters. The largest absolute Gasteiger partial charge is 0.443 e. The van der Waals surface area contributed by atoms with Crippen molar-refractivity contribution in [2.75, 3.05) is 0 Å². The van der Waals surface area contributed by atoms with Crippen LogP contribution in [0.15, 0.2) is 10.6 Å². The molecule has 0 aliphatic heterocycles. The molecule has 1 saturated carbocycles. The van der Waals surface area contributed by atoms with Gasteiger partial charge in [0.15, 0.2) is 0 Å². The number of nitrogens with two attached hydrogens (primary N) is 1. The number of rotatable bonds is 2. The van der Waals surface area contributed by atoms with E-state index in [1.165, 1.54) is 32.1 Å². The molecule has 0 radical (unpaired) electrons. The maximum absolute atomic E-state index is 5.75. The molecule has 0 saturated heterocycles. The Hall–Kier alpha value is -0.830. The summed E-state index contributed by atoms with van der Waals surface area (Å²) in [7, 11) is 0. The van der Waals surface area contributed by atoms with E-state index in [1.807, 2.05) is 13.1 Å². The molecule has 0 amide bonds. The molecule has 0 bridgehead atoms. The number of nitrogens with zero attached hydrogens (tertiary/aromatic N) is 1. The van der Waals surface area contributed by atoms with Crippen LogP contribution in [0.1, 0.15) is 63.6 Å². The molecule has 0 aromatic carbocycles. The molecular formula is C12H20N2O. The van der Waals surface area contributed by atoms with Crippen LogP contribution in [-0.2, 0) is 5.41 Å². The Morgan fingerprint density at radius 2 is 2.07 bits per heavy atom. The first-order valence-corrected chi connectivity index (χ1v) is 5.84. The Morgan fingerprint density at radius 3 is 2.60 bits per heavy atom. The van der Waals surface area contributed by atoms with Gasteiger partial charge >= 0.3 is 0 Å². The van der Waals surface area contributed by atoms with E-state index in [2.05, 4.69) is 11.9 Å². The summed E-state index contributed by atoms with van der Waals surface area (Å²) < 4.78 is 5.75. The van der Waals surface area contributed by atoms with Crippen LogP contribution >= 0.6 is 0 Å². The molecule has 84 valence electrons. The van der Waals surface area contributed by atoms with Gasteiger partial charge in [0.1, 0.15) is 5.76 Å². The molecule has 1 aromatic heterocycles. The van der Waals surface area contributed by atoms with E-state index < -0.39 is 0 Å². The molecule has 1 fully saturated rings. The molecule has 1 heterocycles. The summed E-state index contributed by atoms with van der Waals surface area (Å²) in [5, 5.41) is 0. The van der Waals surface area contributed by atoms with Crippen LogP contribution in [0.2, 0.25) is 0 Å². The minimum atomic E-state index is -0.106. The molecule has 0 spiro atoms. The van der Waals surface area contributed by atoms with Crippen molar-refractivity contribution in [3.05, 3.63) is 17.8 Å². The van der Waals surface area contributed by atoms with Crippen molar-refractivity contribution in [2.45, 2.75) is 57.4 Å². The third kappa shape index (κ3) is 2.07. The van der Waals surface area contributed by atoms with Crippen molar-refractivity contribution in [2.24, 2.45) is 5.73 Å². The van der Waals surface area contributed by atoms with Gasteiger partial charge in [0.25, 0.3) is 0 Å². The summed E-state index contributed by atoms with van der Waals surface area (Å²) in [5.41, 5.74) is 5.94. The fourth-order valence-electron chi connectivity index (χ4n) is 2.36. The zero-order valence-corrected chi connectivity index (χ0v) is 9.62. The van der Waals surface area contributed by atoms with Crippen molar-refractivity contribution in [3.8, 4) is 0 Å². The minimum absolute atomic E-state index is 0.106. The highest BCUT2D eigenvalue weighted by Crippen LogP contribution is 2.39. The standard InChI is InChI=1S/C12H20N2O/c1-9(13)11-14-8-10(15-11)12(2)6-4-3-5-7-12/h8-9H,3-7,13H2,1-2H3. The average Bonchev–Trinajstić information content (AvgIpc) is 2.68. The van der Waals surface area contributed by atoms with Gasteiger partial charge in [-0.1, -0.05) is 26.2 Å². The van der Waals surface area contributed by atoms with Gasteiger partial charge in [-0.05, 0) is 19.8 Å². The van der Waals surface area contributed by atoms with Crippen molar-refractivity contribution in [3.63, 3.8) is 0 Å². The van der Waals surface area contributed by atoms with Crippen LogP contribution in [0.4, 0.5) is 0 Å². The molecule has 3 heteroatoms. The molecule has 2 rings (SSSR count). The molecular weight excluding hydrogens is 188 g/mol. The highest BCUT2D eigenvalue weighted by molar-refractivity contribution is 5.11. The first-order valence-electron chi connectivity index (χ1n) is 5.84. The zero-order chi connectivity index (χ0) is 10.9. The van der Waals surface area contributed by atoms with E-state index in [9.17, 15) is 0 Å². The maximum Gasteiger partial charge on any atom is 0.211 e. The second-order valence-electron chi connectivity index (χ2n) is 4.97. The molecule has 1 atom stereocenters. The Balaban J connectivity index is 2.20. The lowest BCUT2D eigenvalue weighted by Gasteiger charge is -2.31. The highest BCUT2D eigenvalue weighted by Gasteiger charge is 2.32. The number of oxazole rings is 1. The SMILES string of the molecule is CC(N)c1ncc(C2(C)CCCCC2)o1. The van der Waals surface area contributed by atoms with Crippen LogP contribution in [0.5, 0.6) is 0 Å². The fraction of sp³-hybridized carbons (Fsp3) is 0.750. The van der Waals surface area contributed by atoms with E-state index in [0.717, 1.165) is 5.76 Å². The monoisotopic (exact) mass is 208 g/mol. The normalized spacial score (nSPS) is 22.6. The van der Waals surface area contributed by atoms with Crippen molar-refractivity contribution < 1.29 is 4.42 Å². The number of hydrogen-bond acceptors (Lipinski definition) is 3. The Labute approximate surface area is 91.1 Å². The van der Waals surface area contributed by atoms with Crippen LogP contribution in [0, 0.1) is 0 Å². The third-order valence-corrected chi connectivity index (χ3v) is 3.47. The summed E-state index contributed by atoms with van der Waals surface area (Å²) in [6, 6.07) is -0.106. The smallest absolute Gasteiger partial charge is 0.211 e. The quantitative estimate of drug-likeness (QED) is 0.813. The summed E-state index contributed by atoms with van der Waals surface area (Å²) >= 11 is 0. The summed E-state index contributed by atoms with van der Waals surface area (Å²) in [5.74, 6) is 1.69. The van der Waals surface area contributed by atoms with Gasteiger partial charge < -0.3 is 10.2 Å². The van der Waals surface area contributed by atoms with Gasteiger partial charge in [0, 0.05) is 5.41 Å². The Morgan fingerprint density at radius 1 is 1.40 bits per heavy atom. The first kappa shape index (κ1) is 10.7. The predicted molar refractivity (Wildman–Crippen MR) is 59.5 cm³/mol. The van der Waals surface area contributed by atoms with E-state index in [1.54, 1.807) is 0 Å². The average molecular weight is 208 g/mol. The highest BCUT2D eigenvalue weighted by atomic mass is 16.4. The van der Waals surface area contributed by atoms with Gasteiger partial charge in [-0.25, -0.2) is 4.98 Å². The lowest BCUT2D eigenvalue weighted by molar-refractivity contribution is 0.258. The third-order valence-electron chi connectivity index (χ3n) is 3.47. The number of aromatic nitrogens is 1. The fourth-order valence-corrected chi connectivity index (χ4v) is 2.36. The molecule has 1 aliphatic carbocycles. The maximum atomic E-state index is 5.75. The predicted octanol–water partition coefficient (Wildman–Crippen LogP) is 2.92. The van der Waals surface area contributed by atoms with Crippen LogP contribution in [0.3, 0.4) is 0 Å². The Bertz CT molecular complexity index is 324. The first-order chi connectivity index (χ1) is 7.12. The van der Waals surface area contributed by atoms with E-state index in [0.29, 0.717) is 5.89 Å². The lowest BCUT2D eigenvalue weighted by Crippen LogP contribution is -2.24. The van der Waals surface area contributed by atoms with Gasteiger partial charge in [-0.2, -0.15) is 0 Å². The van der Waals surface area contributed by atoms with Crippen LogP contribution in [0.25, 0.3) is 0 Å². The molecule has 15 heavy (non-hydrogen) atoms. The lowest BCUT2D eigenvalue weighted by atomic mass is 9.74. The summed E-state index contributed by atoms with van der Waals surface area (Å²) in [6.07, 6.45) is 8.23. The molecule has 3 nitrogen and oxygen atoms in total. The topological polar surface area (TPSA) is 52.0 Å². The zero-order valence-electron chi connectivity index (χ0n) is 9.62. The minimum Gasteiger partial charge on any atom is -0.443 e. The van der Waals surface area contributed by atoms with Gasteiger partial charge in [0.05, 0.1) is 12.2 Å². The Kier molecular flexibility index (Phi) is 2.83. The second-order valence-corrected chi connectivity index (χ2v) is 4.97.